The Labute approximate surface area is 132 Å². The molecule has 0 spiro atoms. The number of nitrogens with two attached hydrogens (primary N) is 1. The number of benzene rings is 1. The Balaban J connectivity index is 2.01. The van der Waals surface area contributed by atoms with Crippen molar-refractivity contribution in [3.8, 4) is 5.75 Å². The summed E-state index contributed by atoms with van der Waals surface area (Å²) >= 11 is 7.39. The van der Waals surface area contributed by atoms with Crippen LogP contribution in [0.15, 0.2) is 23.6 Å². The molecule has 0 radical (unpaired) electrons. The van der Waals surface area contributed by atoms with Crippen LogP contribution < -0.4 is 15.8 Å². The highest BCUT2D eigenvalue weighted by Crippen LogP contribution is 2.22. The number of aromatic nitrogens is 1. The minimum atomic E-state index is -0.225. The third kappa shape index (κ3) is 4.17. The van der Waals surface area contributed by atoms with Gasteiger partial charge in [0.1, 0.15) is 11.4 Å². The summed E-state index contributed by atoms with van der Waals surface area (Å²) in [5.74, 6) is 0.457. The van der Waals surface area contributed by atoms with Crippen LogP contribution in [-0.4, -0.2) is 24.5 Å². The van der Waals surface area contributed by atoms with Crippen LogP contribution >= 0.6 is 22.9 Å². The topological polar surface area (TPSA) is 77.2 Å². The number of nitrogens with zero attached hydrogens (tertiary/aromatic N) is 1. The van der Waals surface area contributed by atoms with Crippen LogP contribution in [0.25, 0.3) is 0 Å². The van der Waals surface area contributed by atoms with Crippen LogP contribution in [0.2, 0.25) is 5.02 Å². The predicted octanol–water partition coefficient (Wildman–Crippen LogP) is 2.24. The Hall–Kier alpha value is -1.63. The maximum absolute atomic E-state index is 12.0. The fourth-order valence-electron chi connectivity index (χ4n) is 1.80. The fraction of sp³-hybridized carbons (Fsp3) is 0.286. The Kier molecular flexibility index (Phi) is 5.55. The zero-order chi connectivity index (χ0) is 15.2. The lowest BCUT2D eigenvalue weighted by molar-refractivity contribution is 0.0946. The third-order valence-electron chi connectivity index (χ3n) is 2.82. The van der Waals surface area contributed by atoms with Crippen LogP contribution in [0.5, 0.6) is 5.75 Å². The molecule has 0 aliphatic carbocycles. The molecule has 21 heavy (non-hydrogen) atoms. The molecule has 0 aliphatic rings. The zero-order valence-corrected chi connectivity index (χ0v) is 13.1. The van der Waals surface area contributed by atoms with Gasteiger partial charge in [0.05, 0.1) is 12.1 Å². The van der Waals surface area contributed by atoms with Crippen molar-refractivity contribution in [2.24, 2.45) is 5.73 Å². The molecule has 1 aromatic carbocycles. The number of carbonyl (C=O) groups is 1. The number of ether oxygens (including phenoxy) is 1. The predicted molar refractivity (Wildman–Crippen MR) is 84.0 cm³/mol. The zero-order valence-electron chi connectivity index (χ0n) is 11.6. The number of hydrogen-bond acceptors (Lipinski definition) is 5. The van der Waals surface area contributed by atoms with E-state index in [1.165, 1.54) is 11.3 Å². The van der Waals surface area contributed by atoms with E-state index in [-0.39, 0.29) is 5.91 Å². The first-order chi connectivity index (χ1) is 10.1. The van der Waals surface area contributed by atoms with Gasteiger partial charge in [0.2, 0.25) is 0 Å². The van der Waals surface area contributed by atoms with E-state index in [1.54, 1.807) is 30.7 Å². The molecule has 0 aliphatic heterocycles. The minimum absolute atomic E-state index is 0.225. The van der Waals surface area contributed by atoms with Crippen LogP contribution in [0.4, 0.5) is 0 Å². The quantitative estimate of drug-likeness (QED) is 0.854. The summed E-state index contributed by atoms with van der Waals surface area (Å²) in [5, 5.41) is 6.00. The summed E-state index contributed by atoms with van der Waals surface area (Å²) in [7, 11) is 1.58. The lowest BCUT2D eigenvalue weighted by Gasteiger charge is -2.09. The molecule has 0 fully saturated rings. The summed E-state index contributed by atoms with van der Waals surface area (Å²) in [6.07, 6.45) is 0.681. The number of nitrogens with one attached hydrogen (secondary N) is 1. The van der Waals surface area contributed by atoms with E-state index < -0.39 is 0 Å². The Bertz CT molecular complexity index is 630. The maximum Gasteiger partial charge on any atom is 0.271 e. The van der Waals surface area contributed by atoms with E-state index in [9.17, 15) is 4.79 Å². The van der Waals surface area contributed by atoms with Crippen LogP contribution in [0, 0.1) is 0 Å². The standard InChI is InChI=1S/C14H16ClN3O2S/c1-20-12-3-2-10(15)6-9(12)7-17-14(19)11-8-21-13(18-11)4-5-16/h2-3,6,8H,4-5,7,16H2,1H3,(H,17,19). The van der Waals surface area contributed by atoms with Crippen molar-refractivity contribution < 1.29 is 9.53 Å². The number of hydrogen-bond donors (Lipinski definition) is 2. The molecule has 0 unspecified atom stereocenters. The average Bonchev–Trinajstić information content (AvgIpc) is 2.94. The molecule has 2 aromatic rings. The van der Waals surface area contributed by atoms with Crippen molar-refractivity contribution in [1.82, 2.24) is 10.3 Å². The lowest BCUT2D eigenvalue weighted by Crippen LogP contribution is -2.23. The van der Waals surface area contributed by atoms with Crippen LogP contribution in [0.1, 0.15) is 21.1 Å². The van der Waals surface area contributed by atoms with Crippen molar-refractivity contribution in [1.29, 1.82) is 0 Å². The van der Waals surface area contributed by atoms with Gasteiger partial charge in [-0.15, -0.1) is 11.3 Å². The van der Waals surface area contributed by atoms with Gasteiger partial charge in [-0.1, -0.05) is 11.6 Å². The molecule has 0 bridgehead atoms. The number of halogens is 1. The second-order valence-corrected chi connectivity index (χ2v) is 5.68. The molecule has 0 saturated heterocycles. The fourth-order valence-corrected chi connectivity index (χ4v) is 2.79. The van der Waals surface area contributed by atoms with E-state index in [0.717, 1.165) is 10.6 Å². The van der Waals surface area contributed by atoms with Gasteiger partial charge in [-0.25, -0.2) is 4.98 Å². The molecule has 3 N–H and O–H groups in total. The number of thiazole rings is 1. The van der Waals surface area contributed by atoms with E-state index in [0.29, 0.717) is 36.0 Å². The molecule has 1 heterocycles. The highest BCUT2D eigenvalue weighted by Gasteiger charge is 2.11. The molecule has 0 atom stereocenters. The molecule has 7 heteroatoms. The SMILES string of the molecule is COc1ccc(Cl)cc1CNC(=O)c1csc(CCN)n1. The Morgan fingerprint density at radius 1 is 1.52 bits per heavy atom. The summed E-state index contributed by atoms with van der Waals surface area (Å²) in [5.41, 5.74) is 6.69. The number of methoxy groups -OCH3 is 1. The second-order valence-electron chi connectivity index (χ2n) is 4.30. The van der Waals surface area contributed by atoms with Crippen molar-refractivity contribution in [2.45, 2.75) is 13.0 Å². The smallest absolute Gasteiger partial charge is 0.271 e. The first kappa shape index (κ1) is 15.8. The normalized spacial score (nSPS) is 10.4. The van der Waals surface area contributed by atoms with E-state index in [2.05, 4.69) is 10.3 Å². The first-order valence-electron chi connectivity index (χ1n) is 6.39. The van der Waals surface area contributed by atoms with Gasteiger partial charge in [-0.3, -0.25) is 4.79 Å². The Morgan fingerprint density at radius 2 is 2.33 bits per heavy atom. The van der Waals surface area contributed by atoms with E-state index in [4.69, 9.17) is 22.1 Å². The van der Waals surface area contributed by atoms with Crippen molar-refractivity contribution in [3.63, 3.8) is 0 Å². The van der Waals surface area contributed by atoms with Gasteiger partial charge < -0.3 is 15.8 Å². The summed E-state index contributed by atoms with van der Waals surface area (Å²) in [6.45, 7) is 0.848. The van der Waals surface area contributed by atoms with E-state index in [1.807, 2.05) is 0 Å². The molecule has 112 valence electrons. The molecule has 1 aromatic heterocycles. The number of carbonyl (C=O) groups excluding carboxylic acids is 1. The van der Waals surface area contributed by atoms with Gasteiger partial charge >= 0.3 is 0 Å². The van der Waals surface area contributed by atoms with Crippen LogP contribution in [-0.2, 0) is 13.0 Å². The molecular weight excluding hydrogens is 310 g/mol. The monoisotopic (exact) mass is 325 g/mol. The second kappa shape index (κ2) is 7.40. The van der Waals surface area contributed by atoms with Gasteiger partial charge in [-0.2, -0.15) is 0 Å². The largest absolute Gasteiger partial charge is 0.496 e. The Morgan fingerprint density at radius 3 is 3.05 bits per heavy atom. The average molecular weight is 326 g/mol. The summed E-state index contributed by atoms with van der Waals surface area (Å²) < 4.78 is 5.24. The van der Waals surface area contributed by atoms with Crippen molar-refractivity contribution in [3.05, 3.63) is 44.9 Å². The summed E-state index contributed by atoms with van der Waals surface area (Å²) in [6, 6.07) is 5.28. The van der Waals surface area contributed by atoms with Gasteiger partial charge in [0, 0.05) is 28.9 Å². The van der Waals surface area contributed by atoms with Crippen LogP contribution in [0.3, 0.4) is 0 Å². The lowest BCUT2D eigenvalue weighted by atomic mass is 10.2. The molecular formula is C14H16ClN3O2S. The molecule has 2 rings (SSSR count). The maximum atomic E-state index is 12.0. The number of rotatable bonds is 6. The van der Waals surface area contributed by atoms with Gasteiger partial charge in [0.15, 0.2) is 0 Å². The van der Waals surface area contributed by atoms with Gasteiger partial charge in [0.25, 0.3) is 5.91 Å². The number of amides is 1. The van der Waals surface area contributed by atoms with Crippen molar-refractivity contribution in [2.75, 3.05) is 13.7 Å². The highest BCUT2D eigenvalue weighted by atomic mass is 35.5. The highest BCUT2D eigenvalue weighted by molar-refractivity contribution is 7.09. The first-order valence-corrected chi connectivity index (χ1v) is 7.65. The van der Waals surface area contributed by atoms with Crippen molar-refractivity contribution >= 4 is 28.8 Å². The van der Waals surface area contributed by atoms with Gasteiger partial charge in [-0.05, 0) is 24.7 Å². The molecule has 1 amide bonds. The molecule has 0 saturated carbocycles. The minimum Gasteiger partial charge on any atom is -0.496 e. The third-order valence-corrected chi connectivity index (χ3v) is 3.97. The van der Waals surface area contributed by atoms with E-state index >= 15 is 0 Å². The summed E-state index contributed by atoms with van der Waals surface area (Å²) in [4.78, 5) is 16.3. The molecule has 5 nitrogen and oxygen atoms in total.